The van der Waals surface area contributed by atoms with Gasteiger partial charge in [0.2, 0.25) is 5.91 Å². The van der Waals surface area contributed by atoms with Crippen molar-refractivity contribution >= 4 is 11.9 Å². The molecule has 5 heteroatoms. The summed E-state index contributed by atoms with van der Waals surface area (Å²) in [5, 5.41) is 15.6. The summed E-state index contributed by atoms with van der Waals surface area (Å²) in [6.07, 6.45) is 8.47. The fourth-order valence-corrected chi connectivity index (χ4v) is 4.38. The van der Waals surface area contributed by atoms with Crippen molar-refractivity contribution in [1.82, 2.24) is 10.6 Å². The van der Waals surface area contributed by atoms with Crippen molar-refractivity contribution in [3.05, 3.63) is 0 Å². The highest BCUT2D eigenvalue weighted by molar-refractivity contribution is 5.76. The third-order valence-corrected chi connectivity index (χ3v) is 5.65. The number of fused-ring (bicyclic) bond motifs is 2. The number of carboxylic acids is 1. The second-order valence-electron chi connectivity index (χ2n) is 7.38. The zero-order valence-electron chi connectivity index (χ0n) is 12.6. The molecule has 3 fully saturated rings. The molecule has 2 bridgehead atoms. The topological polar surface area (TPSA) is 78.4 Å². The lowest BCUT2D eigenvalue weighted by Crippen LogP contribution is -2.44. The lowest BCUT2D eigenvalue weighted by Gasteiger charge is -2.41. The van der Waals surface area contributed by atoms with E-state index in [9.17, 15) is 9.59 Å². The minimum Gasteiger partial charge on any atom is -0.481 e. The first kappa shape index (κ1) is 14.8. The van der Waals surface area contributed by atoms with E-state index in [-0.39, 0.29) is 17.7 Å². The molecule has 2 unspecified atom stereocenters. The van der Waals surface area contributed by atoms with Gasteiger partial charge in [0.25, 0.3) is 0 Å². The molecule has 2 atom stereocenters. The Morgan fingerprint density at radius 2 is 1.86 bits per heavy atom. The number of carbonyl (C=O) groups is 2. The molecule has 3 aliphatic rings. The summed E-state index contributed by atoms with van der Waals surface area (Å²) < 4.78 is 0. The van der Waals surface area contributed by atoms with E-state index < -0.39 is 5.97 Å². The maximum absolute atomic E-state index is 12.1. The zero-order chi connectivity index (χ0) is 14.9. The third kappa shape index (κ3) is 3.57. The van der Waals surface area contributed by atoms with Crippen LogP contribution in [0.5, 0.6) is 0 Å². The monoisotopic (exact) mass is 294 g/mol. The molecule has 0 aromatic heterocycles. The molecule has 3 rings (SSSR count). The highest BCUT2D eigenvalue weighted by atomic mass is 16.4. The second kappa shape index (κ2) is 5.95. The van der Waals surface area contributed by atoms with E-state index in [4.69, 9.17) is 5.11 Å². The Balaban J connectivity index is 1.43. The van der Waals surface area contributed by atoms with Crippen LogP contribution in [-0.4, -0.2) is 35.6 Å². The minimum absolute atomic E-state index is 0.109. The van der Waals surface area contributed by atoms with Gasteiger partial charge in [-0.15, -0.1) is 0 Å². The van der Waals surface area contributed by atoms with Gasteiger partial charge in [-0.25, -0.2) is 0 Å². The Morgan fingerprint density at radius 1 is 1.19 bits per heavy atom. The highest BCUT2D eigenvalue weighted by Gasteiger charge is 2.39. The lowest BCUT2D eigenvalue weighted by atomic mass is 9.66. The largest absolute Gasteiger partial charge is 0.481 e. The molecule has 2 heterocycles. The van der Waals surface area contributed by atoms with E-state index >= 15 is 0 Å². The second-order valence-corrected chi connectivity index (χ2v) is 7.38. The maximum atomic E-state index is 12.1. The fraction of sp³-hybridized carbons (Fsp3) is 0.875. The van der Waals surface area contributed by atoms with E-state index in [1.165, 1.54) is 12.8 Å². The molecule has 0 spiro atoms. The van der Waals surface area contributed by atoms with Crippen molar-refractivity contribution in [2.45, 2.75) is 69.9 Å². The Kier molecular flexibility index (Phi) is 4.20. The van der Waals surface area contributed by atoms with Crippen LogP contribution < -0.4 is 10.6 Å². The van der Waals surface area contributed by atoms with E-state index in [1.54, 1.807) is 0 Å². The van der Waals surface area contributed by atoms with E-state index in [0.29, 0.717) is 31.0 Å². The molecule has 1 amide bonds. The number of carbonyl (C=O) groups excluding carboxylic acids is 1. The molecule has 0 aromatic rings. The first-order valence-corrected chi connectivity index (χ1v) is 8.29. The van der Waals surface area contributed by atoms with Crippen LogP contribution in [0.25, 0.3) is 0 Å². The van der Waals surface area contributed by atoms with Gasteiger partial charge in [-0.2, -0.15) is 0 Å². The average molecular weight is 294 g/mol. The van der Waals surface area contributed by atoms with Crippen molar-refractivity contribution in [2.24, 2.45) is 11.3 Å². The van der Waals surface area contributed by atoms with Gasteiger partial charge in [0.05, 0.1) is 6.42 Å². The van der Waals surface area contributed by atoms with Gasteiger partial charge in [-0.1, -0.05) is 6.42 Å². The van der Waals surface area contributed by atoms with Gasteiger partial charge in [-0.3, -0.25) is 9.59 Å². The SMILES string of the molecule is O=C(O)CC1(CNC(=O)CC2CC3CCC(C2)N3)CCC1. The molecule has 3 N–H and O–H groups in total. The molecule has 1 saturated carbocycles. The number of rotatable bonds is 6. The van der Waals surface area contributed by atoms with Gasteiger partial charge in [0, 0.05) is 25.0 Å². The zero-order valence-corrected chi connectivity index (χ0v) is 12.6. The summed E-state index contributed by atoms with van der Waals surface area (Å²) in [5.41, 5.74) is -0.172. The summed E-state index contributed by atoms with van der Waals surface area (Å²) in [4.78, 5) is 23.1. The predicted molar refractivity (Wildman–Crippen MR) is 78.8 cm³/mol. The van der Waals surface area contributed by atoms with Crippen LogP contribution in [0.4, 0.5) is 0 Å². The summed E-state index contributed by atoms with van der Waals surface area (Å²) in [6, 6.07) is 1.23. The van der Waals surface area contributed by atoms with Gasteiger partial charge in [0.1, 0.15) is 0 Å². The van der Waals surface area contributed by atoms with Gasteiger partial charge < -0.3 is 15.7 Å². The molecule has 0 aromatic carbocycles. The number of nitrogens with one attached hydrogen (secondary N) is 2. The first-order chi connectivity index (χ1) is 10.0. The van der Waals surface area contributed by atoms with Crippen LogP contribution in [0.1, 0.15) is 57.8 Å². The van der Waals surface area contributed by atoms with Gasteiger partial charge in [0.15, 0.2) is 0 Å². The van der Waals surface area contributed by atoms with Crippen molar-refractivity contribution in [3.8, 4) is 0 Å². The van der Waals surface area contributed by atoms with E-state index in [2.05, 4.69) is 10.6 Å². The smallest absolute Gasteiger partial charge is 0.303 e. The maximum Gasteiger partial charge on any atom is 0.303 e. The van der Waals surface area contributed by atoms with Gasteiger partial charge >= 0.3 is 5.97 Å². The molecule has 0 radical (unpaired) electrons. The summed E-state index contributed by atoms with van der Waals surface area (Å²) in [6.45, 7) is 0.538. The Morgan fingerprint density at radius 3 is 2.38 bits per heavy atom. The van der Waals surface area contributed by atoms with Crippen LogP contribution in [0.3, 0.4) is 0 Å². The lowest BCUT2D eigenvalue weighted by molar-refractivity contribution is -0.142. The number of hydrogen-bond acceptors (Lipinski definition) is 3. The summed E-state index contributed by atoms with van der Waals surface area (Å²) in [5.74, 6) is -0.141. The Labute approximate surface area is 125 Å². The number of aliphatic carboxylic acids is 1. The van der Waals surface area contributed by atoms with Crippen LogP contribution >= 0.6 is 0 Å². The normalized spacial score (nSPS) is 33.2. The molecule has 21 heavy (non-hydrogen) atoms. The molecule has 1 aliphatic carbocycles. The van der Waals surface area contributed by atoms with Gasteiger partial charge in [-0.05, 0) is 49.9 Å². The van der Waals surface area contributed by atoms with Crippen LogP contribution in [0.15, 0.2) is 0 Å². The first-order valence-electron chi connectivity index (χ1n) is 8.29. The van der Waals surface area contributed by atoms with Crippen LogP contribution in [-0.2, 0) is 9.59 Å². The molecule has 2 saturated heterocycles. The number of carboxylic acid groups (broad SMARTS) is 1. The summed E-state index contributed by atoms with van der Waals surface area (Å²) >= 11 is 0. The fourth-order valence-electron chi connectivity index (χ4n) is 4.38. The van der Waals surface area contributed by atoms with Crippen molar-refractivity contribution < 1.29 is 14.7 Å². The van der Waals surface area contributed by atoms with Crippen LogP contribution in [0.2, 0.25) is 0 Å². The number of amides is 1. The molecular formula is C16H26N2O3. The quantitative estimate of drug-likeness (QED) is 0.696. The number of piperidine rings is 1. The molecule has 2 aliphatic heterocycles. The molecule has 118 valence electrons. The predicted octanol–water partition coefficient (Wildman–Crippen LogP) is 1.67. The number of hydrogen-bond donors (Lipinski definition) is 3. The summed E-state index contributed by atoms with van der Waals surface area (Å²) in [7, 11) is 0. The molecular weight excluding hydrogens is 268 g/mol. The van der Waals surface area contributed by atoms with Crippen molar-refractivity contribution in [2.75, 3.05) is 6.54 Å². The van der Waals surface area contributed by atoms with E-state index in [0.717, 1.165) is 32.1 Å². The highest BCUT2D eigenvalue weighted by Crippen LogP contribution is 2.43. The van der Waals surface area contributed by atoms with E-state index in [1.807, 2.05) is 0 Å². The standard InChI is InChI=1S/C16H26N2O3/c19-14(8-11-6-12-2-3-13(7-11)18-12)17-10-16(4-1-5-16)9-15(20)21/h11-13,18H,1-10H2,(H,17,19)(H,20,21). The van der Waals surface area contributed by atoms with Crippen LogP contribution in [0, 0.1) is 11.3 Å². The van der Waals surface area contributed by atoms with Crippen molar-refractivity contribution in [3.63, 3.8) is 0 Å². The Hall–Kier alpha value is -1.10. The average Bonchev–Trinajstić information content (AvgIpc) is 2.71. The third-order valence-electron chi connectivity index (χ3n) is 5.65. The van der Waals surface area contributed by atoms with Crippen molar-refractivity contribution in [1.29, 1.82) is 0 Å². The minimum atomic E-state index is -0.751. The Bertz CT molecular complexity index is 408. The molecule has 5 nitrogen and oxygen atoms in total.